The number of likely N-dealkylation sites (N-methyl/N-ethyl adjacent to an activating group) is 1. The minimum atomic E-state index is -0.929. The second-order valence-corrected chi connectivity index (χ2v) is 6.54. The lowest BCUT2D eigenvalue weighted by Crippen LogP contribution is -2.55. The lowest BCUT2D eigenvalue weighted by atomic mass is 9.84. The maximum Gasteiger partial charge on any atom is 0.404 e. The van der Waals surface area contributed by atoms with E-state index >= 15 is 0 Å². The third kappa shape index (κ3) is 1.99. The van der Waals surface area contributed by atoms with Crippen LogP contribution in [0.2, 0.25) is 0 Å². The van der Waals surface area contributed by atoms with Gasteiger partial charge in [-0.2, -0.15) is 0 Å². The number of amides is 1. The van der Waals surface area contributed by atoms with Gasteiger partial charge in [-0.1, -0.05) is 0 Å². The lowest BCUT2D eigenvalue weighted by molar-refractivity contribution is -0.137. The van der Waals surface area contributed by atoms with E-state index in [2.05, 4.69) is 10.6 Å². The predicted molar refractivity (Wildman–Crippen MR) is 85.0 cm³/mol. The van der Waals surface area contributed by atoms with Crippen molar-refractivity contribution in [2.45, 2.75) is 24.7 Å². The van der Waals surface area contributed by atoms with E-state index in [1.54, 1.807) is 7.11 Å². The highest BCUT2D eigenvalue weighted by atomic mass is 16.6. The van der Waals surface area contributed by atoms with Crippen molar-refractivity contribution in [3.63, 3.8) is 0 Å². The van der Waals surface area contributed by atoms with E-state index < -0.39 is 17.7 Å². The van der Waals surface area contributed by atoms with Crippen molar-refractivity contribution in [1.82, 2.24) is 15.5 Å². The molecular weight excluding hydrogens is 328 g/mol. The van der Waals surface area contributed by atoms with E-state index in [-0.39, 0.29) is 36.0 Å². The molecule has 1 aliphatic carbocycles. The number of fused-ring (bicyclic) bond motifs is 4. The highest BCUT2D eigenvalue weighted by Gasteiger charge is 2.72. The molecule has 9 heteroatoms. The lowest BCUT2D eigenvalue weighted by Gasteiger charge is -2.39. The molecule has 1 amide bonds. The summed E-state index contributed by atoms with van der Waals surface area (Å²) in [7, 11) is 1.54. The second-order valence-electron chi connectivity index (χ2n) is 6.54. The van der Waals surface area contributed by atoms with Crippen molar-refractivity contribution in [1.29, 1.82) is 0 Å². The van der Waals surface area contributed by atoms with Crippen molar-refractivity contribution in [2.24, 2.45) is 11.7 Å². The first kappa shape index (κ1) is 16.1. The van der Waals surface area contributed by atoms with Crippen molar-refractivity contribution in [2.75, 3.05) is 26.8 Å². The van der Waals surface area contributed by atoms with E-state index in [0.717, 1.165) is 0 Å². The molecule has 0 bridgehead atoms. The molecule has 134 valence electrons. The van der Waals surface area contributed by atoms with Crippen LogP contribution in [0, 0.1) is 5.92 Å². The van der Waals surface area contributed by atoms with Gasteiger partial charge in [-0.25, -0.2) is 4.79 Å². The van der Waals surface area contributed by atoms with Gasteiger partial charge in [-0.3, -0.25) is 9.59 Å². The minimum Gasteiger partial charge on any atom is -0.449 e. The number of primary amides is 1. The minimum absolute atomic E-state index is 0.0345. The number of allylic oxidation sites excluding steroid dienone is 2. The van der Waals surface area contributed by atoms with Gasteiger partial charge in [-0.15, -0.1) is 0 Å². The largest absolute Gasteiger partial charge is 0.449 e. The Morgan fingerprint density at radius 3 is 2.92 bits per heavy atom. The summed E-state index contributed by atoms with van der Waals surface area (Å²) >= 11 is 0. The van der Waals surface area contributed by atoms with Gasteiger partial charge in [-0.05, 0) is 6.92 Å². The molecule has 4 N–H and O–H groups in total. The third-order valence-electron chi connectivity index (χ3n) is 5.39. The summed E-state index contributed by atoms with van der Waals surface area (Å²) in [6, 6.07) is 0.153. The van der Waals surface area contributed by atoms with E-state index in [0.29, 0.717) is 24.4 Å². The van der Waals surface area contributed by atoms with Gasteiger partial charge >= 0.3 is 6.09 Å². The van der Waals surface area contributed by atoms with Crippen LogP contribution < -0.4 is 16.4 Å². The van der Waals surface area contributed by atoms with E-state index in [1.807, 2.05) is 11.8 Å². The van der Waals surface area contributed by atoms with Crippen molar-refractivity contribution < 1.29 is 23.9 Å². The number of hydrogen-bond donors (Lipinski definition) is 3. The Morgan fingerprint density at radius 1 is 1.52 bits per heavy atom. The average Bonchev–Trinajstić information content (AvgIpc) is 3.17. The molecule has 3 aliphatic heterocycles. The molecule has 3 unspecified atom stereocenters. The van der Waals surface area contributed by atoms with Crippen molar-refractivity contribution in [3.05, 3.63) is 23.0 Å². The van der Waals surface area contributed by atoms with Crippen molar-refractivity contribution in [3.8, 4) is 0 Å². The van der Waals surface area contributed by atoms with Crippen LogP contribution in [-0.2, 0) is 19.1 Å². The number of nitrogens with two attached hydrogens (primary N) is 1. The Kier molecular flexibility index (Phi) is 3.41. The second kappa shape index (κ2) is 5.30. The van der Waals surface area contributed by atoms with E-state index in [4.69, 9.17) is 15.2 Å². The van der Waals surface area contributed by atoms with E-state index in [9.17, 15) is 14.4 Å². The van der Waals surface area contributed by atoms with Crippen LogP contribution in [0.15, 0.2) is 23.0 Å². The summed E-state index contributed by atoms with van der Waals surface area (Å²) in [5.41, 5.74) is 5.13. The molecule has 0 spiro atoms. The zero-order valence-corrected chi connectivity index (χ0v) is 14.0. The molecule has 0 aromatic heterocycles. The number of nitrogens with one attached hydrogen (secondary N) is 2. The number of rotatable bonds is 5. The van der Waals surface area contributed by atoms with Gasteiger partial charge in [0, 0.05) is 37.9 Å². The first-order valence-electron chi connectivity index (χ1n) is 8.25. The van der Waals surface area contributed by atoms with Crippen LogP contribution in [0.3, 0.4) is 0 Å². The summed E-state index contributed by atoms with van der Waals surface area (Å²) in [6.07, 6.45) is 0.405. The molecule has 3 heterocycles. The normalized spacial score (nSPS) is 35.2. The molecule has 0 aromatic carbocycles. The molecule has 0 saturated carbocycles. The highest BCUT2D eigenvalue weighted by molar-refractivity contribution is 6.23. The van der Waals surface area contributed by atoms with Crippen molar-refractivity contribution >= 4 is 17.7 Å². The molecule has 9 nitrogen and oxygen atoms in total. The zero-order chi connectivity index (χ0) is 17.9. The average molecular weight is 348 g/mol. The maximum atomic E-state index is 13.0. The Labute approximate surface area is 144 Å². The number of hydrogen-bond acceptors (Lipinski definition) is 8. The number of ether oxygens (including phenoxy) is 2. The van der Waals surface area contributed by atoms with Gasteiger partial charge in [0.05, 0.1) is 23.4 Å². The van der Waals surface area contributed by atoms with Crippen LogP contribution in [0.25, 0.3) is 0 Å². The number of methoxy groups -OCH3 is 1. The number of carbonyl (C=O) groups excluding carboxylic acids is 3. The maximum absolute atomic E-state index is 13.0. The first-order valence-corrected chi connectivity index (χ1v) is 8.25. The molecule has 0 radical (unpaired) electrons. The fourth-order valence-electron chi connectivity index (χ4n) is 4.45. The van der Waals surface area contributed by atoms with Crippen LogP contribution in [-0.4, -0.2) is 67.2 Å². The smallest absolute Gasteiger partial charge is 0.404 e. The standard InChI is InChI=1S/C16H20N4O5/c1-3-18-8-4-10(21)12-11(13(8)22)7(6-25-15(17)23)16(24-2)14-9(19-14)5-20(12)16/h4,7,9,14,18-19H,3,5-6H2,1-2H3,(H2,17,23)/t7?,9?,14?,16-/m1/s1. The van der Waals surface area contributed by atoms with Crippen LogP contribution in [0.1, 0.15) is 6.92 Å². The Bertz CT molecular complexity index is 745. The van der Waals surface area contributed by atoms with Crippen LogP contribution in [0.4, 0.5) is 4.79 Å². The summed E-state index contributed by atoms with van der Waals surface area (Å²) in [6.45, 7) is 2.80. The first-order chi connectivity index (χ1) is 12.0. The molecule has 2 fully saturated rings. The number of Topliss-reactive ketones (excluding diaryl/α,β-unsaturated/α-hetero) is 1. The van der Waals surface area contributed by atoms with Gasteiger partial charge in [0.25, 0.3) is 0 Å². The van der Waals surface area contributed by atoms with Gasteiger partial charge in [0.15, 0.2) is 5.72 Å². The van der Waals surface area contributed by atoms with Crippen LogP contribution >= 0.6 is 0 Å². The summed E-state index contributed by atoms with van der Waals surface area (Å²) < 4.78 is 10.9. The summed E-state index contributed by atoms with van der Waals surface area (Å²) in [4.78, 5) is 38.7. The monoisotopic (exact) mass is 348 g/mol. The molecule has 0 aromatic rings. The fraction of sp³-hybridized carbons (Fsp3) is 0.562. The fourth-order valence-corrected chi connectivity index (χ4v) is 4.45. The van der Waals surface area contributed by atoms with Gasteiger partial charge < -0.3 is 30.7 Å². The number of ketones is 2. The molecule has 25 heavy (non-hydrogen) atoms. The Morgan fingerprint density at radius 2 is 2.28 bits per heavy atom. The molecule has 4 atom stereocenters. The molecule has 2 saturated heterocycles. The Hall–Kier alpha value is -2.39. The SMILES string of the molecule is CCNC1=CC(=O)C2=C(C1=O)C(COC(N)=O)[C@@]1(OC)C3NC3CN21. The predicted octanol–water partition coefficient (Wildman–Crippen LogP) is -1.39. The summed E-state index contributed by atoms with van der Waals surface area (Å²) in [5, 5.41) is 6.23. The van der Waals surface area contributed by atoms with Gasteiger partial charge in [0.1, 0.15) is 6.61 Å². The number of carbonyl (C=O) groups is 3. The van der Waals surface area contributed by atoms with Gasteiger partial charge in [0.2, 0.25) is 11.6 Å². The third-order valence-corrected chi connectivity index (χ3v) is 5.39. The Balaban J connectivity index is 1.79. The molecule has 4 aliphatic rings. The molecule has 4 rings (SSSR count). The van der Waals surface area contributed by atoms with E-state index in [1.165, 1.54) is 6.08 Å². The zero-order valence-electron chi connectivity index (χ0n) is 14.0. The summed E-state index contributed by atoms with van der Waals surface area (Å²) in [5.74, 6) is -1.10. The number of piperazine rings is 1. The molecular formula is C16H20N4O5. The van der Waals surface area contributed by atoms with Crippen LogP contribution in [0.5, 0.6) is 0 Å². The topological polar surface area (TPSA) is 133 Å². The number of nitrogens with zero attached hydrogens (tertiary/aromatic N) is 1. The quantitative estimate of drug-likeness (QED) is 0.408. The highest BCUT2D eigenvalue weighted by Crippen LogP contribution is 2.55.